The normalized spacial score (nSPS) is 32.2. The molecule has 0 bridgehead atoms. The van der Waals surface area contributed by atoms with Gasteiger partial charge in [0.1, 0.15) is 5.60 Å². The van der Waals surface area contributed by atoms with Crippen LogP contribution in [0, 0.1) is 23.7 Å². The van der Waals surface area contributed by atoms with Crippen molar-refractivity contribution in [3.05, 3.63) is 0 Å². The van der Waals surface area contributed by atoms with E-state index >= 15 is 0 Å². The van der Waals surface area contributed by atoms with Crippen LogP contribution in [0.4, 0.5) is 0 Å². The number of rotatable bonds is 5. The Bertz CT molecular complexity index is 283. The molecule has 2 nitrogen and oxygen atoms in total. The van der Waals surface area contributed by atoms with Crippen LogP contribution >= 0.6 is 0 Å². The predicted octanol–water partition coefficient (Wildman–Crippen LogP) is 4.43. The van der Waals surface area contributed by atoms with Gasteiger partial charge < -0.3 is 4.74 Å². The summed E-state index contributed by atoms with van der Waals surface area (Å²) < 4.78 is 5.85. The molecule has 1 rings (SSSR count). The highest BCUT2D eigenvalue weighted by atomic mass is 16.6. The van der Waals surface area contributed by atoms with Gasteiger partial charge in [-0.05, 0) is 43.9 Å². The monoisotopic (exact) mass is 254 g/mol. The fraction of sp³-hybridized carbons (Fsp3) is 0.938. The molecule has 0 saturated heterocycles. The number of hydrogen-bond donors (Lipinski definition) is 0. The number of carbonyl (C=O) groups excluding carboxylic acids is 1. The summed E-state index contributed by atoms with van der Waals surface area (Å²) in [6, 6.07) is 0. The standard InChI is InChI=1S/C16H30O2/c1-7-8-14(17)18-16(6)10-9-13(11(2)3)15(16)12(4)5/h11-13,15H,7-10H2,1-6H3/t13?,15?,16-/m1/s1. The van der Waals surface area contributed by atoms with Gasteiger partial charge in [-0.2, -0.15) is 0 Å². The highest BCUT2D eigenvalue weighted by molar-refractivity contribution is 5.69. The minimum Gasteiger partial charge on any atom is -0.459 e. The van der Waals surface area contributed by atoms with E-state index in [1.54, 1.807) is 0 Å². The highest BCUT2D eigenvalue weighted by Crippen LogP contribution is 2.49. The van der Waals surface area contributed by atoms with Crippen molar-refractivity contribution in [2.45, 2.75) is 72.8 Å². The topological polar surface area (TPSA) is 26.3 Å². The lowest BCUT2D eigenvalue weighted by molar-refractivity contribution is -0.164. The fourth-order valence-corrected chi connectivity index (χ4v) is 3.83. The van der Waals surface area contributed by atoms with Crippen LogP contribution < -0.4 is 0 Å². The summed E-state index contributed by atoms with van der Waals surface area (Å²) in [5.74, 6) is 2.40. The molecule has 106 valence electrons. The lowest BCUT2D eigenvalue weighted by Crippen LogP contribution is -2.41. The van der Waals surface area contributed by atoms with Gasteiger partial charge in [0, 0.05) is 12.3 Å². The summed E-state index contributed by atoms with van der Waals surface area (Å²) in [5.41, 5.74) is -0.241. The van der Waals surface area contributed by atoms with Crippen molar-refractivity contribution in [2.75, 3.05) is 0 Å². The molecular formula is C16H30O2. The van der Waals surface area contributed by atoms with Crippen LogP contribution in [0.5, 0.6) is 0 Å². The van der Waals surface area contributed by atoms with E-state index in [0.29, 0.717) is 30.1 Å². The molecule has 2 unspecified atom stereocenters. The maximum absolute atomic E-state index is 11.8. The Morgan fingerprint density at radius 3 is 2.33 bits per heavy atom. The first kappa shape index (κ1) is 15.5. The molecule has 1 aliphatic carbocycles. The first-order valence-electron chi connectivity index (χ1n) is 7.53. The van der Waals surface area contributed by atoms with E-state index in [2.05, 4.69) is 34.6 Å². The molecule has 1 aliphatic rings. The molecule has 1 fully saturated rings. The lowest BCUT2D eigenvalue weighted by Gasteiger charge is -2.37. The van der Waals surface area contributed by atoms with Gasteiger partial charge in [-0.25, -0.2) is 0 Å². The van der Waals surface area contributed by atoms with E-state index in [0.717, 1.165) is 12.8 Å². The first-order valence-corrected chi connectivity index (χ1v) is 7.53. The van der Waals surface area contributed by atoms with Crippen molar-refractivity contribution in [2.24, 2.45) is 23.7 Å². The summed E-state index contributed by atoms with van der Waals surface area (Å²) in [6.45, 7) is 13.3. The molecule has 0 aliphatic heterocycles. The molecule has 0 heterocycles. The van der Waals surface area contributed by atoms with Crippen molar-refractivity contribution in [3.8, 4) is 0 Å². The van der Waals surface area contributed by atoms with Crippen LogP contribution in [-0.2, 0) is 9.53 Å². The zero-order valence-electron chi connectivity index (χ0n) is 13.0. The van der Waals surface area contributed by atoms with E-state index < -0.39 is 0 Å². The van der Waals surface area contributed by atoms with Gasteiger partial charge in [-0.3, -0.25) is 4.79 Å². The third-order valence-corrected chi connectivity index (χ3v) is 4.52. The van der Waals surface area contributed by atoms with Gasteiger partial charge in [0.2, 0.25) is 0 Å². The molecular weight excluding hydrogens is 224 g/mol. The van der Waals surface area contributed by atoms with Gasteiger partial charge in [0.25, 0.3) is 0 Å². The van der Waals surface area contributed by atoms with Crippen molar-refractivity contribution in [3.63, 3.8) is 0 Å². The number of hydrogen-bond acceptors (Lipinski definition) is 2. The van der Waals surface area contributed by atoms with Crippen LogP contribution in [0.2, 0.25) is 0 Å². The van der Waals surface area contributed by atoms with Crippen molar-refractivity contribution in [1.82, 2.24) is 0 Å². The summed E-state index contributed by atoms with van der Waals surface area (Å²) >= 11 is 0. The Hall–Kier alpha value is -0.530. The molecule has 0 radical (unpaired) electrons. The molecule has 0 aromatic heterocycles. The Morgan fingerprint density at radius 1 is 1.28 bits per heavy atom. The largest absolute Gasteiger partial charge is 0.459 e. The Morgan fingerprint density at radius 2 is 1.89 bits per heavy atom. The smallest absolute Gasteiger partial charge is 0.306 e. The number of carbonyl (C=O) groups is 1. The Labute approximate surface area is 112 Å². The molecule has 3 atom stereocenters. The quantitative estimate of drug-likeness (QED) is 0.679. The Kier molecular flexibility index (Phi) is 5.24. The van der Waals surface area contributed by atoms with Crippen LogP contribution in [0.3, 0.4) is 0 Å². The maximum Gasteiger partial charge on any atom is 0.306 e. The zero-order valence-corrected chi connectivity index (χ0v) is 13.0. The van der Waals surface area contributed by atoms with Gasteiger partial charge in [-0.1, -0.05) is 34.6 Å². The van der Waals surface area contributed by atoms with E-state index in [1.165, 1.54) is 6.42 Å². The average molecular weight is 254 g/mol. The average Bonchev–Trinajstić information content (AvgIpc) is 2.55. The minimum absolute atomic E-state index is 0.0185. The van der Waals surface area contributed by atoms with Crippen molar-refractivity contribution >= 4 is 5.97 Å². The van der Waals surface area contributed by atoms with Gasteiger partial charge in [0.15, 0.2) is 0 Å². The summed E-state index contributed by atoms with van der Waals surface area (Å²) in [6.07, 6.45) is 3.63. The van der Waals surface area contributed by atoms with E-state index in [1.807, 2.05) is 6.92 Å². The maximum atomic E-state index is 11.8. The van der Waals surface area contributed by atoms with Crippen LogP contribution in [0.15, 0.2) is 0 Å². The third-order valence-electron chi connectivity index (χ3n) is 4.52. The Balaban J connectivity index is 2.82. The second-order valence-electron chi connectivity index (χ2n) is 6.75. The second kappa shape index (κ2) is 6.08. The zero-order chi connectivity index (χ0) is 13.9. The molecule has 2 heteroatoms. The van der Waals surface area contributed by atoms with Gasteiger partial charge in [0.05, 0.1) is 0 Å². The minimum atomic E-state index is -0.241. The molecule has 0 spiro atoms. The molecule has 0 aromatic rings. The lowest BCUT2D eigenvalue weighted by atomic mass is 9.74. The molecule has 1 saturated carbocycles. The van der Waals surface area contributed by atoms with Crippen molar-refractivity contribution in [1.29, 1.82) is 0 Å². The SMILES string of the molecule is CCCC(=O)O[C@]1(C)CCC(C(C)C)C1C(C)C. The summed E-state index contributed by atoms with van der Waals surface area (Å²) in [5, 5.41) is 0. The second-order valence-corrected chi connectivity index (χ2v) is 6.75. The summed E-state index contributed by atoms with van der Waals surface area (Å²) in [4.78, 5) is 11.8. The van der Waals surface area contributed by atoms with E-state index in [9.17, 15) is 4.79 Å². The van der Waals surface area contributed by atoms with E-state index in [4.69, 9.17) is 4.74 Å². The first-order chi connectivity index (χ1) is 8.31. The molecule has 0 amide bonds. The third kappa shape index (κ3) is 3.27. The van der Waals surface area contributed by atoms with Crippen LogP contribution in [0.25, 0.3) is 0 Å². The van der Waals surface area contributed by atoms with Crippen LogP contribution in [0.1, 0.15) is 67.2 Å². The van der Waals surface area contributed by atoms with Crippen molar-refractivity contribution < 1.29 is 9.53 Å². The molecule has 0 aromatic carbocycles. The highest BCUT2D eigenvalue weighted by Gasteiger charge is 2.49. The van der Waals surface area contributed by atoms with Gasteiger partial charge in [-0.15, -0.1) is 0 Å². The summed E-state index contributed by atoms with van der Waals surface area (Å²) in [7, 11) is 0. The molecule has 18 heavy (non-hydrogen) atoms. The molecule has 0 N–H and O–H groups in total. The predicted molar refractivity (Wildman–Crippen MR) is 75.3 cm³/mol. The number of esters is 1. The van der Waals surface area contributed by atoms with Crippen LogP contribution in [-0.4, -0.2) is 11.6 Å². The fourth-order valence-electron chi connectivity index (χ4n) is 3.83. The van der Waals surface area contributed by atoms with Gasteiger partial charge >= 0.3 is 5.97 Å². The number of ether oxygens (including phenoxy) is 1. The van der Waals surface area contributed by atoms with E-state index in [-0.39, 0.29) is 11.6 Å².